The molecule has 0 spiro atoms. The Morgan fingerprint density at radius 2 is 1.80 bits per heavy atom. The predicted octanol–water partition coefficient (Wildman–Crippen LogP) is 4.62. The van der Waals surface area contributed by atoms with Crippen molar-refractivity contribution in [3.8, 4) is 0 Å². The van der Waals surface area contributed by atoms with Crippen LogP contribution in [0.25, 0.3) is 0 Å². The highest BCUT2D eigenvalue weighted by Gasteiger charge is 2.07. The zero-order valence-electron chi connectivity index (χ0n) is 14.4. The first-order chi connectivity index (χ1) is 12.1. The highest BCUT2D eigenvalue weighted by Crippen LogP contribution is 2.18. The summed E-state index contributed by atoms with van der Waals surface area (Å²) in [6.45, 7) is 4.06. The molecule has 0 fully saturated rings. The number of carbonyl (C=O) groups excluding carboxylic acids is 1. The van der Waals surface area contributed by atoms with Crippen molar-refractivity contribution in [3.63, 3.8) is 0 Å². The van der Waals surface area contributed by atoms with Gasteiger partial charge in [0.2, 0.25) is 5.91 Å². The fourth-order valence-corrected chi connectivity index (χ4v) is 2.60. The lowest BCUT2D eigenvalue weighted by Crippen LogP contribution is -2.15. The first-order valence-electron chi connectivity index (χ1n) is 8.24. The Morgan fingerprint density at radius 1 is 0.960 bits per heavy atom. The molecule has 0 bridgehead atoms. The molecule has 0 atom stereocenters. The van der Waals surface area contributed by atoms with Gasteiger partial charge in [-0.2, -0.15) is 0 Å². The summed E-state index contributed by atoms with van der Waals surface area (Å²) < 4.78 is 0. The Balaban J connectivity index is 1.60. The van der Waals surface area contributed by atoms with E-state index in [2.05, 4.69) is 34.7 Å². The van der Waals surface area contributed by atoms with Gasteiger partial charge in [-0.15, -0.1) is 0 Å². The van der Waals surface area contributed by atoms with Crippen molar-refractivity contribution in [1.29, 1.82) is 0 Å². The predicted molar refractivity (Wildman–Crippen MR) is 102 cm³/mol. The molecule has 0 aliphatic rings. The number of hydrogen-bond acceptors (Lipinski definition) is 3. The van der Waals surface area contributed by atoms with Crippen LogP contribution < -0.4 is 10.6 Å². The summed E-state index contributed by atoms with van der Waals surface area (Å²) in [4.78, 5) is 16.5. The number of nitrogens with one attached hydrogen (secondary N) is 2. The van der Waals surface area contributed by atoms with Crippen molar-refractivity contribution in [2.24, 2.45) is 0 Å². The third kappa shape index (κ3) is 4.67. The third-order valence-corrected chi connectivity index (χ3v) is 3.95. The first-order valence-corrected chi connectivity index (χ1v) is 8.24. The molecule has 2 aromatic carbocycles. The highest BCUT2D eigenvalue weighted by molar-refractivity contribution is 5.91. The largest absolute Gasteiger partial charge is 0.354 e. The molecule has 0 unspecified atom stereocenters. The Bertz CT molecular complexity index is 872. The lowest BCUT2D eigenvalue weighted by Gasteiger charge is -2.09. The van der Waals surface area contributed by atoms with Crippen LogP contribution in [0, 0.1) is 13.8 Å². The number of carbonyl (C=O) groups is 1. The van der Waals surface area contributed by atoms with Crippen LogP contribution >= 0.6 is 0 Å². The molecule has 0 saturated heterocycles. The maximum atomic E-state index is 12.2. The lowest BCUT2D eigenvalue weighted by molar-refractivity contribution is -0.115. The lowest BCUT2D eigenvalue weighted by atomic mass is 10.1. The van der Waals surface area contributed by atoms with Crippen LogP contribution in [0.2, 0.25) is 0 Å². The van der Waals surface area contributed by atoms with E-state index < -0.39 is 0 Å². The molecule has 2 N–H and O–H groups in total. The molecule has 0 radical (unpaired) electrons. The minimum absolute atomic E-state index is 0.0683. The second kappa shape index (κ2) is 7.62. The molecular weight excluding hydrogens is 310 g/mol. The second-order valence-corrected chi connectivity index (χ2v) is 6.08. The molecule has 126 valence electrons. The van der Waals surface area contributed by atoms with E-state index in [0.717, 1.165) is 22.5 Å². The zero-order chi connectivity index (χ0) is 17.6. The summed E-state index contributed by atoms with van der Waals surface area (Å²) >= 11 is 0. The molecule has 1 heterocycles. The van der Waals surface area contributed by atoms with Crippen LogP contribution in [0.5, 0.6) is 0 Å². The standard InChI is InChI=1S/C21H21N3O/c1-15-6-5-9-18(12-15)23-19-10-11-20(22-14-19)24-21(25)13-17-8-4-3-7-16(17)2/h3-12,14,23H,13H2,1-2H3,(H,22,24,25). The van der Waals surface area contributed by atoms with E-state index >= 15 is 0 Å². The van der Waals surface area contributed by atoms with Gasteiger partial charge in [0, 0.05) is 5.69 Å². The molecular formula is C21H21N3O. The van der Waals surface area contributed by atoms with E-state index in [9.17, 15) is 4.79 Å². The molecule has 1 amide bonds. The highest BCUT2D eigenvalue weighted by atomic mass is 16.1. The summed E-state index contributed by atoms with van der Waals surface area (Å²) in [5.74, 6) is 0.481. The van der Waals surface area contributed by atoms with Gasteiger partial charge in [-0.05, 0) is 54.8 Å². The van der Waals surface area contributed by atoms with Gasteiger partial charge < -0.3 is 10.6 Å². The summed E-state index contributed by atoms with van der Waals surface area (Å²) in [6.07, 6.45) is 2.06. The Hall–Kier alpha value is -3.14. The smallest absolute Gasteiger partial charge is 0.229 e. The zero-order valence-corrected chi connectivity index (χ0v) is 14.4. The van der Waals surface area contributed by atoms with Gasteiger partial charge in [-0.1, -0.05) is 36.4 Å². The van der Waals surface area contributed by atoms with E-state index in [1.165, 1.54) is 5.56 Å². The average Bonchev–Trinajstić information content (AvgIpc) is 2.59. The fraction of sp³-hybridized carbons (Fsp3) is 0.143. The van der Waals surface area contributed by atoms with Gasteiger partial charge >= 0.3 is 0 Å². The van der Waals surface area contributed by atoms with Gasteiger partial charge in [-0.3, -0.25) is 4.79 Å². The van der Waals surface area contributed by atoms with Crippen LogP contribution in [0.1, 0.15) is 16.7 Å². The van der Waals surface area contributed by atoms with E-state index in [1.807, 2.05) is 49.4 Å². The number of anilines is 3. The number of amides is 1. The topological polar surface area (TPSA) is 54.0 Å². The van der Waals surface area contributed by atoms with Crippen LogP contribution in [0.4, 0.5) is 17.2 Å². The summed E-state index contributed by atoms with van der Waals surface area (Å²) in [7, 11) is 0. The van der Waals surface area contributed by atoms with Crippen molar-refractivity contribution in [2.75, 3.05) is 10.6 Å². The molecule has 4 nitrogen and oxygen atoms in total. The molecule has 3 aromatic rings. The monoisotopic (exact) mass is 331 g/mol. The maximum absolute atomic E-state index is 12.2. The van der Waals surface area contributed by atoms with Gasteiger partial charge in [0.1, 0.15) is 5.82 Å². The molecule has 1 aromatic heterocycles. The SMILES string of the molecule is Cc1cccc(Nc2ccc(NC(=O)Cc3ccccc3C)nc2)c1. The van der Waals surface area contributed by atoms with Crippen molar-refractivity contribution in [3.05, 3.63) is 83.6 Å². The number of pyridine rings is 1. The fourth-order valence-electron chi connectivity index (χ4n) is 2.60. The molecule has 4 heteroatoms. The van der Waals surface area contributed by atoms with E-state index in [4.69, 9.17) is 0 Å². The minimum Gasteiger partial charge on any atom is -0.354 e. The first kappa shape index (κ1) is 16.7. The van der Waals surface area contributed by atoms with Crippen molar-refractivity contribution >= 4 is 23.1 Å². The van der Waals surface area contributed by atoms with Crippen molar-refractivity contribution < 1.29 is 4.79 Å². The minimum atomic E-state index is -0.0683. The van der Waals surface area contributed by atoms with Gasteiger partial charge in [-0.25, -0.2) is 4.98 Å². The normalized spacial score (nSPS) is 10.3. The molecule has 0 aliphatic heterocycles. The van der Waals surface area contributed by atoms with Crippen LogP contribution in [0.15, 0.2) is 66.9 Å². The van der Waals surface area contributed by atoms with Crippen molar-refractivity contribution in [1.82, 2.24) is 4.98 Å². The van der Waals surface area contributed by atoms with Crippen LogP contribution in [-0.2, 0) is 11.2 Å². The molecule has 3 rings (SSSR count). The second-order valence-electron chi connectivity index (χ2n) is 6.08. The van der Waals surface area contributed by atoms with Crippen LogP contribution in [0.3, 0.4) is 0 Å². The Morgan fingerprint density at radius 3 is 2.52 bits per heavy atom. The average molecular weight is 331 g/mol. The van der Waals surface area contributed by atoms with E-state index in [-0.39, 0.29) is 5.91 Å². The number of aryl methyl sites for hydroxylation is 2. The number of nitrogens with zero attached hydrogens (tertiary/aromatic N) is 1. The van der Waals surface area contributed by atoms with Gasteiger partial charge in [0.25, 0.3) is 0 Å². The van der Waals surface area contributed by atoms with Gasteiger partial charge in [0.05, 0.1) is 18.3 Å². The molecule has 0 saturated carbocycles. The number of benzene rings is 2. The molecule has 25 heavy (non-hydrogen) atoms. The van der Waals surface area contributed by atoms with Crippen LogP contribution in [-0.4, -0.2) is 10.9 Å². The number of rotatable bonds is 5. The van der Waals surface area contributed by atoms with E-state index in [1.54, 1.807) is 12.3 Å². The van der Waals surface area contributed by atoms with E-state index in [0.29, 0.717) is 12.2 Å². The Labute approximate surface area is 147 Å². The van der Waals surface area contributed by atoms with Crippen molar-refractivity contribution in [2.45, 2.75) is 20.3 Å². The molecule has 0 aliphatic carbocycles. The van der Waals surface area contributed by atoms with Gasteiger partial charge in [0.15, 0.2) is 0 Å². The summed E-state index contributed by atoms with van der Waals surface area (Å²) in [5, 5.41) is 6.14. The summed E-state index contributed by atoms with van der Waals surface area (Å²) in [6, 6.07) is 19.7. The summed E-state index contributed by atoms with van der Waals surface area (Å²) in [5.41, 5.74) is 5.22. The quantitative estimate of drug-likeness (QED) is 0.717. The Kier molecular flexibility index (Phi) is 5.09. The maximum Gasteiger partial charge on any atom is 0.229 e. The third-order valence-electron chi connectivity index (χ3n) is 3.95. The number of aromatic nitrogens is 1. The number of hydrogen-bond donors (Lipinski definition) is 2.